The van der Waals surface area contributed by atoms with Crippen LogP contribution in [-0.4, -0.2) is 48.6 Å². The minimum Gasteiger partial charge on any atom is -0.466 e. The highest BCUT2D eigenvalue weighted by Crippen LogP contribution is 2.37. The van der Waals surface area contributed by atoms with Crippen LogP contribution in [0, 0.1) is 11.2 Å². The van der Waals surface area contributed by atoms with Crippen molar-refractivity contribution in [2.24, 2.45) is 5.41 Å². The summed E-state index contributed by atoms with van der Waals surface area (Å²) in [5.41, 5.74) is 0.341. The lowest BCUT2D eigenvalue weighted by Gasteiger charge is -2.42. The number of benzene rings is 1. The maximum atomic E-state index is 13.5. The summed E-state index contributed by atoms with van der Waals surface area (Å²) in [6.07, 6.45) is 4.20. The van der Waals surface area contributed by atoms with Crippen LogP contribution in [0.1, 0.15) is 32.3 Å². The Kier molecular flexibility index (Phi) is 7.11. The summed E-state index contributed by atoms with van der Waals surface area (Å²) >= 11 is 1.85. The molecule has 1 aliphatic rings. The summed E-state index contributed by atoms with van der Waals surface area (Å²) in [6.45, 7) is 6.23. The molecule has 2 rings (SSSR count). The molecule has 1 heterocycles. The standard InChI is InChI=1S/C19H28FNO2S/c1-4-23-18(22)19(13-16-6-5-7-17(20)12-16)8-10-21(11-9-19)15(2)14-24-3/h5-7,12,15H,4,8-11,13-14H2,1-3H3/t15-/m0/s1. The number of piperidine rings is 1. The summed E-state index contributed by atoms with van der Waals surface area (Å²) in [6, 6.07) is 7.08. The summed E-state index contributed by atoms with van der Waals surface area (Å²) in [5.74, 6) is 0.708. The highest BCUT2D eigenvalue weighted by Gasteiger charge is 2.43. The van der Waals surface area contributed by atoms with Gasteiger partial charge in [0, 0.05) is 11.8 Å². The first kappa shape index (κ1) is 19.3. The highest BCUT2D eigenvalue weighted by molar-refractivity contribution is 7.98. The molecule has 0 aliphatic carbocycles. The van der Waals surface area contributed by atoms with E-state index < -0.39 is 5.41 Å². The van der Waals surface area contributed by atoms with Crippen molar-refractivity contribution in [2.45, 2.75) is 39.2 Å². The number of hydrogen-bond donors (Lipinski definition) is 0. The fourth-order valence-corrected chi connectivity index (χ4v) is 4.21. The smallest absolute Gasteiger partial charge is 0.312 e. The summed E-state index contributed by atoms with van der Waals surface area (Å²) < 4.78 is 18.9. The number of hydrogen-bond acceptors (Lipinski definition) is 4. The van der Waals surface area contributed by atoms with E-state index in [1.54, 1.807) is 6.07 Å². The van der Waals surface area contributed by atoms with E-state index in [-0.39, 0.29) is 11.8 Å². The Bertz CT molecular complexity index is 544. The van der Waals surface area contributed by atoms with Crippen LogP contribution in [0.2, 0.25) is 0 Å². The number of thioether (sulfide) groups is 1. The van der Waals surface area contributed by atoms with Crippen molar-refractivity contribution in [1.82, 2.24) is 4.90 Å². The largest absolute Gasteiger partial charge is 0.466 e. The van der Waals surface area contributed by atoms with E-state index in [9.17, 15) is 9.18 Å². The van der Waals surface area contributed by atoms with E-state index in [1.165, 1.54) is 12.1 Å². The number of esters is 1. The first-order chi connectivity index (χ1) is 11.5. The van der Waals surface area contributed by atoms with Crippen LogP contribution in [0.3, 0.4) is 0 Å². The molecule has 0 bridgehead atoms. The number of ether oxygens (including phenoxy) is 1. The van der Waals surface area contributed by atoms with Gasteiger partial charge in [-0.3, -0.25) is 9.69 Å². The van der Waals surface area contributed by atoms with Crippen molar-refractivity contribution in [3.8, 4) is 0 Å². The van der Waals surface area contributed by atoms with Crippen LogP contribution < -0.4 is 0 Å². The molecule has 0 N–H and O–H groups in total. The number of carbonyl (C=O) groups is 1. The van der Waals surface area contributed by atoms with Crippen LogP contribution in [0.5, 0.6) is 0 Å². The maximum absolute atomic E-state index is 13.5. The van der Waals surface area contributed by atoms with E-state index in [2.05, 4.69) is 18.1 Å². The normalized spacial score (nSPS) is 19.0. The first-order valence-electron chi connectivity index (χ1n) is 8.65. The van der Waals surface area contributed by atoms with Crippen molar-refractivity contribution < 1.29 is 13.9 Å². The van der Waals surface area contributed by atoms with E-state index in [0.717, 1.165) is 37.2 Å². The van der Waals surface area contributed by atoms with Gasteiger partial charge in [-0.05, 0) is 70.2 Å². The maximum Gasteiger partial charge on any atom is 0.312 e. The number of nitrogens with zero attached hydrogens (tertiary/aromatic N) is 1. The van der Waals surface area contributed by atoms with Gasteiger partial charge < -0.3 is 4.74 Å². The third-order valence-corrected chi connectivity index (χ3v) is 5.74. The van der Waals surface area contributed by atoms with Gasteiger partial charge in [0.05, 0.1) is 12.0 Å². The zero-order valence-electron chi connectivity index (χ0n) is 14.9. The third kappa shape index (κ3) is 4.73. The molecule has 3 nitrogen and oxygen atoms in total. The molecule has 1 fully saturated rings. The molecule has 1 aromatic carbocycles. The van der Waals surface area contributed by atoms with Gasteiger partial charge in [-0.2, -0.15) is 11.8 Å². The second-order valence-corrected chi connectivity index (χ2v) is 7.56. The molecule has 0 aromatic heterocycles. The molecule has 1 saturated heterocycles. The Hall–Kier alpha value is -1.07. The van der Waals surface area contributed by atoms with E-state index in [4.69, 9.17) is 4.74 Å². The van der Waals surface area contributed by atoms with E-state index >= 15 is 0 Å². The van der Waals surface area contributed by atoms with Gasteiger partial charge in [0.1, 0.15) is 5.82 Å². The Labute approximate surface area is 148 Å². The number of carbonyl (C=O) groups excluding carboxylic acids is 1. The predicted octanol–water partition coefficient (Wildman–Crippen LogP) is 3.77. The molecular formula is C19H28FNO2S. The van der Waals surface area contributed by atoms with Gasteiger partial charge in [0.25, 0.3) is 0 Å². The number of likely N-dealkylation sites (tertiary alicyclic amines) is 1. The monoisotopic (exact) mass is 353 g/mol. The second-order valence-electron chi connectivity index (χ2n) is 6.65. The zero-order valence-corrected chi connectivity index (χ0v) is 15.7. The Morgan fingerprint density at radius 1 is 1.42 bits per heavy atom. The SMILES string of the molecule is CCOC(=O)C1(Cc2cccc(F)c2)CCN([C@@H](C)CSC)CC1. The van der Waals surface area contributed by atoms with E-state index in [0.29, 0.717) is 19.1 Å². The molecule has 24 heavy (non-hydrogen) atoms. The molecule has 5 heteroatoms. The average Bonchev–Trinajstić information content (AvgIpc) is 2.56. The molecule has 0 radical (unpaired) electrons. The lowest BCUT2D eigenvalue weighted by Crippen LogP contribution is -2.49. The molecule has 1 atom stereocenters. The lowest BCUT2D eigenvalue weighted by molar-refractivity contribution is -0.159. The second kappa shape index (κ2) is 8.86. The Morgan fingerprint density at radius 3 is 2.71 bits per heavy atom. The molecule has 0 amide bonds. The Morgan fingerprint density at radius 2 is 2.12 bits per heavy atom. The molecule has 134 valence electrons. The van der Waals surface area contributed by atoms with Crippen molar-refractivity contribution in [3.05, 3.63) is 35.6 Å². The van der Waals surface area contributed by atoms with Gasteiger partial charge in [-0.1, -0.05) is 12.1 Å². The fraction of sp³-hybridized carbons (Fsp3) is 0.632. The van der Waals surface area contributed by atoms with Crippen LogP contribution >= 0.6 is 11.8 Å². The fourth-order valence-electron chi connectivity index (χ4n) is 3.51. The van der Waals surface area contributed by atoms with Crippen LogP contribution in [0.15, 0.2) is 24.3 Å². The molecule has 1 aliphatic heterocycles. The van der Waals surface area contributed by atoms with E-state index in [1.807, 2.05) is 24.8 Å². The molecule has 0 unspecified atom stereocenters. The highest BCUT2D eigenvalue weighted by atomic mass is 32.2. The van der Waals surface area contributed by atoms with Gasteiger partial charge in [-0.25, -0.2) is 4.39 Å². The lowest BCUT2D eigenvalue weighted by atomic mass is 9.73. The van der Waals surface area contributed by atoms with Gasteiger partial charge in [0.2, 0.25) is 0 Å². The van der Waals surface area contributed by atoms with Crippen molar-refractivity contribution in [1.29, 1.82) is 0 Å². The van der Waals surface area contributed by atoms with Crippen LogP contribution in [0.4, 0.5) is 4.39 Å². The van der Waals surface area contributed by atoms with Crippen molar-refractivity contribution in [2.75, 3.05) is 31.7 Å². The first-order valence-corrected chi connectivity index (χ1v) is 10.0. The minimum atomic E-state index is -0.528. The third-order valence-electron chi connectivity index (χ3n) is 4.93. The van der Waals surface area contributed by atoms with Gasteiger partial charge >= 0.3 is 5.97 Å². The number of halogens is 1. The minimum absolute atomic E-state index is 0.133. The quantitative estimate of drug-likeness (QED) is 0.698. The Balaban J connectivity index is 2.13. The van der Waals surface area contributed by atoms with Crippen LogP contribution in [0.25, 0.3) is 0 Å². The topological polar surface area (TPSA) is 29.5 Å². The molecule has 0 spiro atoms. The zero-order chi connectivity index (χ0) is 17.6. The molecule has 1 aromatic rings. The summed E-state index contributed by atoms with van der Waals surface area (Å²) in [4.78, 5) is 15.1. The predicted molar refractivity (Wildman–Crippen MR) is 97.8 cm³/mol. The molecular weight excluding hydrogens is 325 g/mol. The van der Waals surface area contributed by atoms with Crippen LogP contribution in [-0.2, 0) is 16.0 Å². The summed E-state index contributed by atoms with van der Waals surface area (Å²) in [5, 5.41) is 0. The average molecular weight is 354 g/mol. The van der Waals surface area contributed by atoms with Gasteiger partial charge in [0.15, 0.2) is 0 Å². The summed E-state index contributed by atoms with van der Waals surface area (Å²) in [7, 11) is 0. The van der Waals surface area contributed by atoms with Crippen molar-refractivity contribution in [3.63, 3.8) is 0 Å². The number of rotatable bonds is 7. The van der Waals surface area contributed by atoms with Gasteiger partial charge in [-0.15, -0.1) is 0 Å². The van der Waals surface area contributed by atoms with Crippen molar-refractivity contribution >= 4 is 17.7 Å². The molecule has 0 saturated carbocycles.